The number of nitrogens with zero attached hydrogens (tertiary/aromatic N) is 1. The van der Waals surface area contributed by atoms with Crippen LogP contribution in [0, 0.1) is 13.8 Å². The quantitative estimate of drug-likeness (QED) is 0.618. The summed E-state index contributed by atoms with van der Waals surface area (Å²) in [5.41, 5.74) is 2.95. The topological polar surface area (TPSA) is 38.7 Å². The maximum atomic E-state index is 12.0. The number of rotatable bonds is 4. The Morgan fingerprint density at radius 3 is 2.50 bits per heavy atom. The Bertz CT molecular complexity index is 498. The molecule has 0 N–H and O–H groups in total. The van der Waals surface area contributed by atoms with Crippen LogP contribution in [0.25, 0.3) is 0 Å². The third kappa shape index (κ3) is 5.16. The summed E-state index contributed by atoms with van der Waals surface area (Å²) in [6.45, 7) is 11.6. The Balaban J connectivity index is 2.82. The van der Waals surface area contributed by atoms with Crippen LogP contribution in [0.3, 0.4) is 0 Å². The molecule has 0 aromatic heterocycles. The van der Waals surface area contributed by atoms with Crippen LogP contribution in [0.5, 0.6) is 0 Å². The molecule has 1 rings (SSSR count). The van der Waals surface area contributed by atoms with Gasteiger partial charge in [-0.25, -0.2) is 4.79 Å². The number of carbonyl (C=O) groups excluding carboxylic acids is 1. The van der Waals surface area contributed by atoms with Crippen LogP contribution in [0.1, 0.15) is 50.8 Å². The minimum absolute atomic E-state index is 0.263. The van der Waals surface area contributed by atoms with Crippen molar-refractivity contribution in [2.24, 2.45) is 4.99 Å². The number of aryl methyl sites for hydroxylation is 2. The fourth-order valence-corrected chi connectivity index (χ4v) is 1.84. The Morgan fingerprint density at radius 1 is 1.35 bits per heavy atom. The molecule has 0 fully saturated rings. The monoisotopic (exact) mass is 275 g/mol. The maximum Gasteiger partial charge on any atom is 0.331 e. The zero-order valence-electron chi connectivity index (χ0n) is 13.4. The highest BCUT2D eigenvalue weighted by atomic mass is 16.6. The van der Waals surface area contributed by atoms with Gasteiger partial charge in [0.25, 0.3) is 0 Å². The van der Waals surface area contributed by atoms with Gasteiger partial charge >= 0.3 is 5.97 Å². The minimum Gasteiger partial charge on any atom is -0.458 e. The highest BCUT2D eigenvalue weighted by molar-refractivity contribution is 5.85. The molecule has 110 valence electrons. The highest BCUT2D eigenvalue weighted by Gasteiger charge is 2.22. The summed E-state index contributed by atoms with van der Waals surface area (Å²) in [4.78, 5) is 16.4. The summed E-state index contributed by atoms with van der Waals surface area (Å²) < 4.78 is 5.38. The number of hydrogen-bond donors (Lipinski definition) is 0. The van der Waals surface area contributed by atoms with E-state index in [-0.39, 0.29) is 5.97 Å². The van der Waals surface area contributed by atoms with E-state index >= 15 is 0 Å². The van der Waals surface area contributed by atoms with Gasteiger partial charge in [-0.1, -0.05) is 30.7 Å². The van der Waals surface area contributed by atoms with Crippen LogP contribution in [-0.4, -0.2) is 23.8 Å². The number of benzene rings is 1. The molecule has 0 aliphatic carbocycles. The zero-order chi connectivity index (χ0) is 15.3. The molecule has 0 spiro atoms. The molecule has 0 heterocycles. The SMILES string of the molecule is CCC(N=Cc1ccc(C)cc1C)C(=O)OC(C)(C)C. The van der Waals surface area contributed by atoms with E-state index in [0.717, 1.165) is 11.1 Å². The van der Waals surface area contributed by atoms with Crippen molar-refractivity contribution in [2.45, 2.75) is 59.6 Å². The van der Waals surface area contributed by atoms with Crippen molar-refractivity contribution in [2.75, 3.05) is 0 Å². The molecule has 3 heteroatoms. The average molecular weight is 275 g/mol. The van der Waals surface area contributed by atoms with E-state index in [9.17, 15) is 4.79 Å². The van der Waals surface area contributed by atoms with E-state index in [1.165, 1.54) is 5.56 Å². The summed E-state index contributed by atoms with van der Waals surface area (Å²) in [6.07, 6.45) is 2.41. The fourth-order valence-electron chi connectivity index (χ4n) is 1.84. The third-order valence-corrected chi connectivity index (χ3v) is 2.88. The molecule has 1 aromatic carbocycles. The van der Waals surface area contributed by atoms with Crippen LogP contribution in [0.2, 0.25) is 0 Å². The molecule has 0 aliphatic rings. The molecular formula is C17H25NO2. The number of ether oxygens (including phenoxy) is 1. The Kier molecular flexibility index (Phi) is 5.49. The van der Waals surface area contributed by atoms with Crippen molar-refractivity contribution in [1.82, 2.24) is 0 Å². The van der Waals surface area contributed by atoms with Gasteiger partial charge in [0.1, 0.15) is 11.6 Å². The molecule has 3 nitrogen and oxygen atoms in total. The van der Waals surface area contributed by atoms with E-state index in [1.807, 2.05) is 46.8 Å². The normalized spacial score (nSPS) is 13.5. The van der Waals surface area contributed by atoms with Gasteiger partial charge in [0.2, 0.25) is 0 Å². The lowest BCUT2D eigenvalue weighted by molar-refractivity contribution is -0.156. The number of aliphatic imine (C=N–C) groups is 1. The molecule has 0 radical (unpaired) electrons. The number of esters is 1. The zero-order valence-corrected chi connectivity index (χ0v) is 13.4. The van der Waals surface area contributed by atoms with Crippen LogP contribution < -0.4 is 0 Å². The fraction of sp³-hybridized carbons (Fsp3) is 0.529. The Morgan fingerprint density at radius 2 is 2.00 bits per heavy atom. The maximum absolute atomic E-state index is 12.0. The Labute approximate surface area is 122 Å². The van der Waals surface area contributed by atoms with Gasteiger partial charge in [0.15, 0.2) is 0 Å². The molecule has 0 aliphatic heterocycles. The first-order valence-electron chi connectivity index (χ1n) is 7.06. The predicted molar refractivity (Wildman–Crippen MR) is 83.4 cm³/mol. The van der Waals surface area contributed by atoms with Gasteiger partial charge in [-0.3, -0.25) is 4.99 Å². The van der Waals surface area contributed by atoms with Crippen molar-refractivity contribution in [1.29, 1.82) is 0 Å². The minimum atomic E-state index is -0.472. The predicted octanol–water partition coefficient (Wildman–Crippen LogP) is 3.84. The largest absolute Gasteiger partial charge is 0.458 e. The van der Waals surface area contributed by atoms with Crippen molar-refractivity contribution in [3.63, 3.8) is 0 Å². The summed E-state index contributed by atoms with van der Waals surface area (Å²) in [5.74, 6) is -0.263. The van der Waals surface area contributed by atoms with Gasteiger partial charge in [-0.2, -0.15) is 0 Å². The van der Waals surface area contributed by atoms with Gasteiger partial charge in [-0.05, 0) is 52.2 Å². The Hall–Kier alpha value is -1.64. The first kappa shape index (κ1) is 16.4. The van der Waals surface area contributed by atoms with E-state index < -0.39 is 11.6 Å². The van der Waals surface area contributed by atoms with Crippen molar-refractivity contribution < 1.29 is 9.53 Å². The van der Waals surface area contributed by atoms with E-state index in [0.29, 0.717) is 6.42 Å². The standard InChI is InChI=1S/C17H25NO2/c1-7-15(16(19)20-17(4,5)6)18-11-14-9-8-12(2)10-13(14)3/h8-11,15H,7H2,1-6H3. The molecular weight excluding hydrogens is 250 g/mol. The van der Waals surface area contributed by atoms with Crippen LogP contribution in [0.15, 0.2) is 23.2 Å². The van der Waals surface area contributed by atoms with E-state index in [2.05, 4.69) is 18.0 Å². The van der Waals surface area contributed by atoms with Gasteiger partial charge in [0, 0.05) is 6.21 Å². The smallest absolute Gasteiger partial charge is 0.331 e. The van der Waals surface area contributed by atoms with Crippen molar-refractivity contribution >= 4 is 12.2 Å². The molecule has 1 atom stereocenters. The van der Waals surface area contributed by atoms with Crippen LogP contribution in [0.4, 0.5) is 0 Å². The summed E-state index contributed by atoms with van der Waals surface area (Å²) in [7, 11) is 0. The van der Waals surface area contributed by atoms with Gasteiger partial charge in [-0.15, -0.1) is 0 Å². The first-order chi connectivity index (χ1) is 9.23. The molecule has 0 saturated heterocycles. The van der Waals surface area contributed by atoms with Crippen molar-refractivity contribution in [3.8, 4) is 0 Å². The summed E-state index contributed by atoms with van der Waals surface area (Å²) in [6, 6.07) is 5.74. The van der Waals surface area contributed by atoms with Gasteiger partial charge in [0.05, 0.1) is 0 Å². The summed E-state index contributed by atoms with van der Waals surface area (Å²) >= 11 is 0. The number of carbonyl (C=O) groups is 1. The molecule has 20 heavy (non-hydrogen) atoms. The lowest BCUT2D eigenvalue weighted by atomic mass is 10.1. The first-order valence-corrected chi connectivity index (χ1v) is 7.06. The van der Waals surface area contributed by atoms with Crippen molar-refractivity contribution in [3.05, 3.63) is 34.9 Å². The molecule has 0 saturated carbocycles. The van der Waals surface area contributed by atoms with E-state index in [4.69, 9.17) is 4.74 Å². The number of hydrogen-bond acceptors (Lipinski definition) is 3. The highest BCUT2D eigenvalue weighted by Crippen LogP contribution is 2.13. The second-order valence-electron chi connectivity index (χ2n) is 6.10. The van der Waals surface area contributed by atoms with Gasteiger partial charge < -0.3 is 4.74 Å². The lowest BCUT2D eigenvalue weighted by Gasteiger charge is -2.21. The third-order valence-electron chi connectivity index (χ3n) is 2.88. The van der Waals surface area contributed by atoms with E-state index in [1.54, 1.807) is 6.21 Å². The summed E-state index contributed by atoms with van der Waals surface area (Å²) in [5, 5.41) is 0. The average Bonchev–Trinajstić information content (AvgIpc) is 2.30. The molecule has 0 bridgehead atoms. The van der Waals surface area contributed by atoms with Crippen LogP contribution >= 0.6 is 0 Å². The lowest BCUT2D eigenvalue weighted by Crippen LogP contribution is -2.30. The van der Waals surface area contributed by atoms with Crippen LogP contribution in [-0.2, 0) is 9.53 Å². The molecule has 0 amide bonds. The second-order valence-corrected chi connectivity index (χ2v) is 6.10. The molecule has 1 unspecified atom stereocenters. The second kappa shape index (κ2) is 6.69. The molecule has 1 aromatic rings.